The lowest BCUT2D eigenvalue weighted by Crippen LogP contribution is -2.40. The van der Waals surface area contributed by atoms with Crippen molar-refractivity contribution >= 4 is 0 Å². The molecule has 0 amide bonds. The summed E-state index contributed by atoms with van der Waals surface area (Å²) >= 11 is 0. The Hall–Kier alpha value is -0.120. The highest BCUT2D eigenvalue weighted by molar-refractivity contribution is 4.65. The lowest BCUT2D eigenvalue weighted by molar-refractivity contribution is 0.0277. The van der Waals surface area contributed by atoms with Gasteiger partial charge in [-0.15, -0.1) is 0 Å². The molecule has 1 aliphatic rings. The van der Waals surface area contributed by atoms with E-state index in [1.165, 1.54) is 0 Å². The standard InChI is InChI=1S/C5H11N2O/c6-7-3-1-5(8)2-4-7/h5H,1-4,6H2. The normalized spacial score (nSPS) is 26.2. The maximum atomic E-state index is 10.6. The molecule has 1 rings (SSSR count). The minimum Gasteiger partial charge on any atom is -0.269 e. The fourth-order valence-corrected chi connectivity index (χ4v) is 0.876. The molecule has 1 aliphatic heterocycles. The Balaban J connectivity index is 2.19. The second-order valence-corrected chi connectivity index (χ2v) is 2.24. The highest BCUT2D eigenvalue weighted by atomic mass is 16.3. The van der Waals surface area contributed by atoms with Crippen LogP contribution in [-0.2, 0) is 5.11 Å². The van der Waals surface area contributed by atoms with Crippen LogP contribution in [0.2, 0.25) is 0 Å². The number of hydrazine groups is 1. The Morgan fingerprint density at radius 3 is 2.25 bits per heavy atom. The Morgan fingerprint density at radius 2 is 1.88 bits per heavy atom. The predicted octanol–water partition coefficient (Wildman–Crippen LogP) is -0.245. The number of nitrogens with zero attached hydrogens (tertiary/aromatic N) is 1. The predicted molar refractivity (Wildman–Crippen MR) is 29.5 cm³/mol. The van der Waals surface area contributed by atoms with Crippen molar-refractivity contribution in [2.75, 3.05) is 13.1 Å². The van der Waals surface area contributed by atoms with Crippen molar-refractivity contribution in [3.63, 3.8) is 0 Å². The number of hydrogen-bond acceptors (Lipinski definition) is 2. The quantitative estimate of drug-likeness (QED) is 0.443. The molecule has 0 aliphatic carbocycles. The van der Waals surface area contributed by atoms with Crippen LogP contribution >= 0.6 is 0 Å². The van der Waals surface area contributed by atoms with Gasteiger partial charge in [-0.1, -0.05) is 0 Å². The van der Waals surface area contributed by atoms with E-state index < -0.39 is 0 Å². The summed E-state index contributed by atoms with van der Waals surface area (Å²) < 4.78 is 0. The maximum absolute atomic E-state index is 10.6. The van der Waals surface area contributed by atoms with Gasteiger partial charge in [-0.2, -0.15) is 0 Å². The number of nitrogens with two attached hydrogens (primary N) is 1. The molecular weight excluding hydrogens is 104 g/mol. The summed E-state index contributed by atoms with van der Waals surface area (Å²) in [5.74, 6) is 5.39. The molecule has 0 atom stereocenters. The summed E-state index contributed by atoms with van der Waals surface area (Å²) in [6, 6.07) is 0. The monoisotopic (exact) mass is 115 g/mol. The topological polar surface area (TPSA) is 49.2 Å². The van der Waals surface area contributed by atoms with Crippen LogP contribution in [0.5, 0.6) is 0 Å². The third kappa shape index (κ3) is 1.43. The highest BCUT2D eigenvalue weighted by Crippen LogP contribution is 2.05. The van der Waals surface area contributed by atoms with Crippen molar-refractivity contribution in [1.29, 1.82) is 0 Å². The van der Waals surface area contributed by atoms with E-state index in [4.69, 9.17) is 5.84 Å². The lowest BCUT2D eigenvalue weighted by atomic mass is 10.1. The Labute approximate surface area is 49.1 Å². The van der Waals surface area contributed by atoms with Crippen LogP contribution in [0.3, 0.4) is 0 Å². The first-order valence-electron chi connectivity index (χ1n) is 2.94. The molecule has 0 bridgehead atoms. The average molecular weight is 115 g/mol. The molecule has 0 aromatic heterocycles. The van der Waals surface area contributed by atoms with Gasteiger partial charge in [-0.05, 0) is 12.8 Å². The fourth-order valence-electron chi connectivity index (χ4n) is 0.876. The van der Waals surface area contributed by atoms with Gasteiger partial charge in [0.15, 0.2) is 0 Å². The summed E-state index contributed by atoms with van der Waals surface area (Å²) in [6.45, 7) is 1.54. The van der Waals surface area contributed by atoms with Gasteiger partial charge in [0, 0.05) is 13.1 Å². The number of rotatable bonds is 0. The first kappa shape index (κ1) is 6.01. The van der Waals surface area contributed by atoms with Gasteiger partial charge >= 0.3 is 0 Å². The summed E-state index contributed by atoms with van der Waals surface area (Å²) in [7, 11) is 0. The zero-order valence-electron chi connectivity index (χ0n) is 4.84. The molecule has 3 nitrogen and oxygen atoms in total. The zero-order valence-corrected chi connectivity index (χ0v) is 4.84. The van der Waals surface area contributed by atoms with E-state index in [1.54, 1.807) is 5.01 Å². The minimum absolute atomic E-state index is 0.352. The highest BCUT2D eigenvalue weighted by Gasteiger charge is 2.14. The molecule has 47 valence electrons. The Kier molecular flexibility index (Phi) is 1.83. The van der Waals surface area contributed by atoms with Crippen molar-refractivity contribution in [3.8, 4) is 0 Å². The molecule has 0 spiro atoms. The SMILES string of the molecule is NN1CCC([O])CC1. The Bertz CT molecular complexity index is 58.8. The molecular formula is C5H11N2O. The maximum Gasteiger partial charge on any atom is 0.0955 e. The van der Waals surface area contributed by atoms with Crippen LogP contribution in [0.25, 0.3) is 0 Å². The van der Waals surface area contributed by atoms with Gasteiger partial charge in [0.25, 0.3) is 0 Å². The van der Waals surface area contributed by atoms with Crippen molar-refractivity contribution in [2.45, 2.75) is 18.9 Å². The van der Waals surface area contributed by atoms with Crippen LogP contribution in [0.4, 0.5) is 0 Å². The molecule has 0 aromatic carbocycles. The third-order valence-corrected chi connectivity index (χ3v) is 1.48. The van der Waals surface area contributed by atoms with Crippen LogP contribution in [-0.4, -0.2) is 24.2 Å². The van der Waals surface area contributed by atoms with Crippen LogP contribution in [0.1, 0.15) is 12.8 Å². The average Bonchev–Trinajstić information content (AvgIpc) is 1.77. The second-order valence-electron chi connectivity index (χ2n) is 2.24. The smallest absolute Gasteiger partial charge is 0.0955 e. The largest absolute Gasteiger partial charge is 0.269 e. The molecule has 1 radical (unpaired) electrons. The molecule has 0 unspecified atom stereocenters. The van der Waals surface area contributed by atoms with E-state index in [0.717, 1.165) is 25.9 Å². The van der Waals surface area contributed by atoms with E-state index >= 15 is 0 Å². The van der Waals surface area contributed by atoms with E-state index in [0.29, 0.717) is 0 Å². The number of piperidine rings is 1. The number of hydrogen-bond donors (Lipinski definition) is 1. The molecule has 1 saturated heterocycles. The van der Waals surface area contributed by atoms with Gasteiger partial charge in [0.1, 0.15) is 0 Å². The summed E-state index contributed by atoms with van der Waals surface area (Å²) in [4.78, 5) is 0. The molecule has 1 fully saturated rings. The summed E-state index contributed by atoms with van der Waals surface area (Å²) in [6.07, 6.45) is 1.09. The summed E-state index contributed by atoms with van der Waals surface area (Å²) in [5.41, 5.74) is 0. The third-order valence-electron chi connectivity index (χ3n) is 1.48. The van der Waals surface area contributed by atoms with E-state index in [-0.39, 0.29) is 6.10 Å². The summed E-state index contributed by atoms with van der Waals surface area (Å²) in [5, 5.41) is 12.3. The molecule has 1 heterocycles. The van der Waals surface area contributed by atoms with Gasteiger partial charge < -0.3 is 0 Å². The lowest BCUT2D eigenvalue weighted by Gasteiger charge is -2.23. The molecule has 0 saturated carbocycles. The van der Waals surface area contributed by atoms with Crippen LogP contribution in [0, 0.1) is 0 Å². The van der Waals surface area contributed by atoms with Crippen LogP contribution < -0.4 is 5.84 Å². The molecule has 0 aromatic rings. The van der Waals surface area contributed by atoms with E-state index in [2.05, 4.69) is 0 Å². The van der Waals surface area contributed by atoms with Crippen molar-refractivity contribution in [1.82, 2.24) is 5.01 Å². The van der Waals surface area contributed by atoms with Crippen molar-refractivity contribution in [2.24, 2.45) is 5.84 Å². The first-order valence-corrected chi connectivity index (χ1v) is 2.94. The van der Waals surface area contributed by atoms with Gasteiger partial charge in [-0.3, -0.25) is 5.84 Å². The zero-order chi connectivity index (χ0) is 5.98. The van der Waals surface area contributed by atoms with Crippen LogP contribution in [0.15, 0.2) is 0 Å². The molecule has 8 heavy (non-hydrogen) atoms. The van der Waals surface area contributed by atoms with Gasteiger partial charge in [-0.25, -0.2) is 10.1 Å². The molecule has 2 N–H and O–H groups in total. The van der Waals surface area contributed by atoms with Gasteiger partial charge in [0.05, 0.1) is 6.10 Å². The first-order chi connectivity index (χ1) is 3.79. The van der Waals surface area contributed by atoms with E-state index in [1.807, 2.05) is 0 Å². The van der Waals surface area contributed by atoms with Crippen molar-refractivity contribution < 1.29 is 5.11 Å². The van der Waals surface area contributed by atoms with E-state index in [9.17, 15) is 5.11 Å². The minimum atomic E-state index is -0.352. The Morgan fingerprint density at radius 1 is 1.38 bits per heavy atom. The fraction of sp³-hybridized carbons (Fsp3) is 1.00. The second kappa shape index (κ2) is 2.44. The molecule has 3 heteroatoms. The van der Waals surface area contributed by atoms with Crippen molar-refractivity contribution in [3.05, 3.63) is 0 Å². The van der Waals surface area contributed by atoms with Gasteiger partial charge in [0.2, 0.25) is 0 Å².